The topological polar surface area (TPSA) is 69.8 Å². The maximum atomic E-state index is 11.9. The number of H-pyrrole nitrogens is 1. The van der Waals surface area contributed by atoms with Crippen molar-refractivity contribution in [1.82, 2.24) is 15.5 Å². The lowest BCUT2D eigenvalue weighted by Crippen LogP contribution is -2.34. The van der Waals surface area contributed by atoms with Crippen LogP contribution >= 0.6 is 0 Å². The molecule has 1 fully saturated rings. The van der Waals surface area contributed by atoms with Gasteiger partial charge in [-0.1, -0.05) is 6.92 Å². The molecule has 0 radical (unpaired) electrons. The van der Waals surface area contributed by atoms with Gasteiger partial charge in [0.25, 0.3) is 0 Å². The van der Waals surface area contributed by atoms with Gasteiger partial charge in [-0.2, -0.15) is 5.10 Å². The van der Waals surface area contributed by atoms with Crippen molar-refractivity contribution in [3.63, 3.8) is 0 Å². The quantitative estimate of drug-likeness (QED) is 0.712. The van der Waals surface area contributed by atoms with E-state index < -0.39 is 0 Å². The third-order valence-corrected chi connectivity index (χ3v) is 2.97. The lowest BCUT2D eigenvalue weighted by Gasteiger charge is -2.21. The molecule has 0 spiro atoms. The standard InChI is InChI=1S/C11H18N4O/c1-2-9-7-10(15-14-9)13-11(16)8-3-5-12-6-4-8/h7-8,12H,2-6H2,1H3,(H2,13,14,15,16). The Morgan fingerprint density at radius 3 is 2.94 bits per heavy atom. The summed E-state index contributed by atoms with van der Waals surface area (Å²) in [6, 6.07) is 1.89. The second kappa shape index (κ2) is 5.12. The molecule has 88 valence electrons. The van der Waals surface area contributed by atoms with Gasteiger partial charge in [0.15, 0.2) is 5.82 Å². The number of anilines is 1. The average molecular weight is 222 g/mol. The molecule has 1 aromatic heterocycles. The van der Waals surface area contributed by atoms with Crippen molar-refractivity contribution in [2.45, 2.75) is 26.2 Å². The lowest BCUT2D eigenvalue weighted by molar-refractivity contribution is -0.120. The molecule has 0 aromatic carbocycles. The maximum absolute atomic E-state index is 11.9. The summed E-state index contributed by atoms with van der Waals surface area (Å²) in [6.45, 7) is 3.91. The monoisotopic (exact) mass is 222 g/mol. The van der Waals surface area contributed by atoms with Gasteiger partial charge in [-0.15, -0.1) is 0 Å². The minimum atomic E-state index is 0.0932. The molecule has 3 N–H and O–H groups in total. The molecule has 16 heavy (non-hydrogen) atoms. The van der Waals surface area contributed by atoms with Crippen molar-refractivity contribution < 1.29 is 4.79 Å². The Morgan fingerprint density at radius 1 is 1.56 bits per heavy atom. The second-order valence-corrected chi connectivity index (χ2v) is 4.15. The van der Waals surface area contributed by atoms with Crippen LogP contribution in [0.5, 0.6) is 0 Å². The van der Waals surface area contributed by atoms with E-state index in [9.17, 15) is 4.79 Å². The third-order valence-electron chi connectivity index (χ3n) is 2.97. The number of aromatic amines is 1. The fraction of sp³-hybridized carbons (Fsp3) is 0.636. The number of aromatic nitrogens is 2. The molecule has 0 bridgehead atoms. The van der Waals surface area contributed by atoms with Crippen LogP contribution in [0.25, 0.3) is 0 Å². The summed E-state index contributed by atoms with van der Waals surface area (Å²) in [4.78, 5) is 11.9. The first kappa shape index (κ1) is 11.1. The molecule has 0 saturated carbocycles. The summed E-state index contributed by atoms with van der Waals surface area (Å²) in [6.07, 6.45) is 2.73. The minimum Gasteiger partial charge on any atom is -0.317 e. The summed E-state index contributed by atoms with van der Waals surface area (Å²) in [5.74, 6) is 0.860. The van der Waals surface area contributed by atoms with E-state index in [1.807, 2.05) is 13.0 Å². The van der Waals surface area contributed by atoms with E-state index in [4.69, 9.17) is 0 Å². The van der Waals surface area contributed by atoms with Crippen molar-refractivity contribution in [3.05, 3.63) is 11.8 Å². The van der Waals surface area contributed by atoms with E-state index in [2.05, 4.69) is 20.8 Å². The Morgan fingerprint density at radius 2 is 2.31 bits per heavy atom. The summed E-state index contributed by atoms with van der Waals surface area (Å²) < 4.78 is 0. The van der Waals surface area contributed by atoms with Gasteiger partial charge in [-0.25, -0.2) is 0 Å². The zero-order valence-electron chi connectivity index (χ0n) is 9.55. The van der Waals surface area contributed by atoms with Crippen molar-refractivity contribution in [2.75, 3.05) is 18.4 Å². The Hall–Kier alpha value is -1.36. The molecule has 2 heterocycles. The number of nitrogens with zero attached hydrogens (tertiary/aromatic N) is 1. The van der Waals surface area contributed by atoms with Crippen molar-refractivity contribution in [3.8, 4) is 0 Å². The largest absolute Gasteiger partial charge is 0.317 e. The number of piperidine rings is 1. The van der Waals surface area contributed by atoms with Crippen LogP contribution in [0.3, 0.4) is 0 Å². The van der Waals surface area contributed by atoms with Crippen LogP contribution in [0.4, 0.5) is 5.82 Å². The van der Waals surface area contributed by atoms with Crippen LogP contribution < -0.4 is 10.6 Å². The predicted octanol–water partition coefficient (Wildman–Crippen LogP) is 0.910. The first-order valence-corrected chi connectivity index (χ1v) is 5.85. The normalized spacial score (nSPS) is 17.3. The number of hydrogen-bond acceptors (Lipinski definition) is 3. The highest BCUT2D eigenvalue weighted by atomic mass is 16.2. The smallest absolute Gasteiger partial charge is 0.228 e. The number of rotatable bonds is 3. The van der Waals surface area contributed by atoms with Crippen LogP contribution in [0.15, 0.2) is 6.07 Å². The Bertz CT molecular complexity index is 355. The van der Waals surface area contributed by atoms with E-state index in [0.29, 0.717) is 5.82 Å². The highest BCUT2D eigenvalue weighted by Crippen LogP contribution is 2.14. The molecule has 0 unspecified atom stereocenters. The number of hydrogen-bond donors (Lipinski definition) is 3. The lowest BCUT2D eigenvalue weighted by atomic mass is 9.97. The van der Waals surface area contributed by atoms with Gasteiger partial charge in [0, 0.05) is 17.7 Å². The van der Waals surface area contributed by atoms with Gasteiger partial charge in [0.1, 0.15) is 0 Å². The Kier molecular flexibility index (Phi) is 3.56. The number of carbonyl (C=O) groups excluding carboxylic acids is 1. The molecular formula is C11H18N4O. The van der Waals surface area contributed by atoms with E-state index in [0.717, 1.165) is 38.0 Å². The van der Waals surface area contributed by atoms with Gasteiger partial charge >= 0.3 is 0 Å². The molecule has 2 rings (SSSR count). The fourth-order valence-electron chi connectivity index (χ4n) is 1.92. The summed E-state index contributed by atoms with van der Waals surface area (Å²) in [7, 11) is 0. The SMILES string of the molecule is CCc1cc(NC(=O)C2CCNCC2)n[nH]1. The zero-order valence-corrected chi connectivity index (χ0v) is 9.55. The van der Waals surface area contributed by atoms with Gasteiger partial charge in [0.05, 0.1) is 0 Å². The van der Waals surface area contributed by atoms with Crippen molar-refractivity contribution in [1.29, 1.82) is 0 Å². The average Bonchev–Trinajstić information content (AvgIpc) is 2.78. The number of carbonyl (C=O) groups is 1. The highest BCUT2D eigenvalue weighted by molar-refractivity contribution is 5.91. The van der Waals surface area contributed by atoms with Crippen LogP contribution in [0.2, 0.25) is 0 Å². The number of aryl methyl sites for hydroxylation is 1. The molecular weight excluding hydrogens is 204 g/mol. The molecule has 1 saturated heterocycles. The maximum Gasteiger partial charge on any atom is 0.228 e. The van der Waals surface area contributed by atoms with Gasteiger partial charge in [0.2, 0.25) is 5.91 Å². The minimum absolute atomic E-state index is 0.0932. The van der Waals surface area contributed by atoms with Crippen LogP contribution in [0, 0.1) is 5.92 Å². The van der Waals surface area contributed by atoms with E-state index in [-0.39, 0.29) is 11.8 Å². The van der Waals surface area contributed by atoms with E-state index in [1.54, 1.807) is 0 Å². The fourth-order valence-corrected chi connectivity index (χ4v) is 1.92. The first-order chi connectivity index (χ1) is 7.79. The number of amides is 1. The summed E-state index contributed by atoms with van der Waals surface area (Å²) in [5, 5.41) is 13.0. The van der Waals surface area contributed by atoms with Crippen LogP contribution in [0.1, 0.15) is 25.5 Å². The van der Waals surface area contributed by atoms with E-state index >= 15 is 0 Å². The highest BCUT2D eigenvalue weighted by Gasteiger charge is 2.21. The second-order valence-electron chi connectivity index (χ2n) is 4.15. The molecule has 1 aliphatic rings. The van der Waals surface area contributed by atoms with Gasteiger partial charge in [-0.3, -0.25) is 9.89 Å². The first-order valence-electron chi connectivity index (χ1n) is 5.85. The van der Waals surface area contributed by atoms with Gasteiger partial charge < -0.3 is 10.6 Å². The Labute approximate surface area is 95.0 Å². The molecule has 1 amide bonds. The summed E-state index contributed by atoms with van der Waals surface area (Å²) >= 11 is 0. The molecule has 1 aliphatic heterocycles. The van der Waals surface area contributed by atoms with Crippen molar-refractivity contribution in [2.24, 2.45) is 5.92 Å². The molecule has 5 heteroatoms. The summed E-state index contributed by atoms with van der Waals surface area (Å²) in [5.41, 5.74) is 1.04. The van der Waals surface area contributed by atoms with Crippen molar-refractivity contribution >= 4 is 11.7 Å². The Balaban J connectivity index is 1.90. The van der Waals surface area contributed by atoms with Gasteiger partial charge in [-0.05, 0) is 32.4 Å². The van der Waals surface area contributed by atoms with E-state index in [1.165, 1.54) is 0 Å². The molecule has 1 aromatic rings. The third kappa shape index (κ3) is 2.61. The zero-order chi connectivity index (χ0) is 11.4. The molecule has 0 aliphatic carbocycles. The predicted molar refractivity (Wildman–Crippen MR) is 62.2 cm³/mol. The van der Waals surface area contributed by atoms with Crippen LogP contribution in [-0.4, -0.2) is 29.2 Å². The number of nitrogens with one attached hydrogen (secondary N) is 3. The van der Waals surface area contributed by atoms with Crippen LogP contribution in [-0.2, 0) is 11.2 Å². The molecule has 5 nitrogen and oxygen atoms in total. The molecule has 0 atom stereocenters.